The lowest BCUT2D eigenvalue weighted by Gasteiger charge is -2.30. The van der Waals surface area contributed by atoms with E-state index >= 15 is 0 Å². The van der Waals surface area contributed by atoms with Crippen LogP contribution in [0.5, 0.6) is 0 Å². The molecule has 0 bridgehead atoms. The molecule has 0 radical (unpaired) electrons. The highest BCUT2D eigenvalue weighted by atomic mass is 16.2. The topological polar surface area (TPSA) is 99.2 Å². The quantitative estimate of drug-likeness (QED) is 0.483. The van der Waals surface area contributed by atoms with E-state index in [2.05, 4.69) is 11.2 Å². The van der Waals surface area contributed by atoms with Gasteiger partial charge in [-0.25, -0.2) is 0 Å². The zero-order chi connectivity index (χ0) is 22.2. The third kappa shape index (κ3) is 5.09. The van der Waals surface area contributed by atoms with Crippen LogP contribution in [0.3, 0.4) is 0 Å². The molecule has 0 aliphatic heterocycles. The lowest BCUT2D eigenvalue weighted by molar-refractivity contribution is -0.125. The fourth-order valence-electron chi connectivity index (χ4n) is 3.21. The number of hydrogen-bond acceptors (Lipinski definition) is 4. The van der Waals surface area contributed by atoms with E-state index in [0.717, 1.165) is 5.56 Å². The summed E-state index contributed by atoms with van der Waals surface area (Å²) in [6.45, 7) is 0.273. The summed E-state index contributed by atoms with van der Waals surface area (Å²) in [4.78, 5) is 27.3. The van der Waals surface area contributed by atoms with Gasteiger partial charge in [0.25, 0.3) is 0 Å². The van der Waals surface area contributed by atoms with Crippen LogP contribution in [0.4, 0.5) is 11.4 Å². The number of amides is 2. The van der Waals surface area contributed by atoms with Crippen molar-refractivity contribution >= 4 is 23.2 Å². The largest absolute Gasteiger partial charge is 0.399 e. The average Bonchev–Trinajstić information content (AvgIpc) is 2.81. The fraction of sp³-hybridized carbons (Fsp3) is 0.0800. The van der Waals surface area contributed by atoms with E-state index < -0.39 is 17.9 Å². The van der Waals surface area contributed by atoms with Gasteiger partial charge in [-0.2, -0.15) is 5.26 Å². The van der Waals surface area contributed by atoms with Crippen molar-refractivity contribution in [3.8, 4) is 18.4 Å². The number of carbonyl (C=O) groups excluding carboxylic acids is 2. The number of nitrogen functional groups attached to an aromatic ring is 1. The number of hydrogen-bond donors (Lipinski definition) is 2. The smallest absolute Gasteiger partial charge is 0.303 e. The third-order valence-electron chi connectivity index (χ3n) is 4.64. The van der Waals surface area contributed by atoms with Crippen molar-refractivity contribution in [2.24, 2.45) is 0 Å². The molecule has 0 aliphatic rings. The summed E-state index contributed by atoms with van der Waals surface area (Å²) in [6, 6.07) is 23.4. The predicted molar refractivity (Wildman–Crippen MR) is 119 cm³/mol. The molecule has 152 valence electrons. The first-order valence-corrected chi connectivity index (χ1v) is 9.50. The second-order valence-corrected chi connectivity index (χ2v) is 6.76. The standard InChI is InChI=1S/C25H20N4O2/c1-2-23(30)29(22-13-6-10-19(14-22)16-26)24(20-11-7-12-21(27)15-20)25(31)28-17-18-8-4-3-5-9-18/h1,3-15,24H,17,27H2,(H,28,31). The molecule has 0 spiro atoms. The molecule has 3 aromatic rings. The maximum absolute atomic E-state index is 13.3. The highest BCUT2D eigenvalue weighted by Gasteiger charge is 2.32. The van der Waals surface area contributed by atoms with Gasteiger partial charge in [0.1, 0.15) is 6.04 Å². The molecule has 1 atom stereocenters. The highest BCUT2D eigenvalue weighted by molar-refractivity contribution is 6.09. The van der Waals surface area contributed by atoms with Gasteiger partial charge in [-0.05, 0) is 47.4 Å². The summed E-state index contributed by atoms with van der Waals surface area (Å²) >= 11 is 0. The molecule has 3 aromatic carbocycles. The van der Waals surface area contributed by atoms with E-state index in [1.807, 2.05) is 36.4 Å². The maximum atomic E-state index is 13.3. The Morgan fingerprint density at radius 3 is 2.45 bits per heavy atom. The second kappa shape index (κ2) is 9.78. The van der Waals surface area contributed by atoms with E-state index in [1.165, 1.54) is 11.0 Å². The molecule has 0 aromatic heterocycles. The van der Waals surface area contributed by atoms with E-state index in [9.17, 15) is 14.9 Å². The number of nitrogens with zero attached hydrogens (tertiary/aromatic N) is 2. The number of anilines is 2. The van der Waals surface area contributed by atoms with Crippen molar-refractivity contribution in [1.29, 1.82) is 5.26 Å². The van der Waals surface area contributed by atoms with Crippen molar-refractivity contribution in [1.82, 2.24) is 5.32 Å². The lowest BCUT2D eigenvalue weighted by atomic mass is 10.0. The summed E-state index contributed by atoms with van der Waals surface area (Å²) in [5.74, 6) is 0.946. The number of rotatable bonds is 6. The van der Waals surface area contributed by atoms with Crippen LogP contribution in [0.25, 0.3) is 0 Å². The van der Waals surface area contributed by atoms with Crippen molar-refractivity contribution in [3.63, 3.8) is 0 Å². The van der Waals surface area contributed by atoms with Gasteiger partial charge in [-0.15, -0.1) is 6.42 Å². The Bertz CT molecular complexity index is 1180. The number of benzene rings is 3. The first kappa shape index (κ1) is 21.2. The van der Waals surface area contributed by atoms with Crippen LogP contribution < -0.4 is 16.0 Å². The van der Waals surface area contributed by atoms with Crippen LogP contribution in [0.15, 0.2) is 78.9 Å². The molecule has 0 fully saturated rings. The van der Waals surface area contributed by atoms with Crippen molar-refractivity contribution in [2.45, 2.75) is 12.6 Å². The first-order valence-electron chi connectivity index (χ1n) is 9.50. The minimum Gasteiger partial charge on any atom is -0.399 e. The van der Waals surface area contributed by atoms with Crippen LogP contribution in [-0.2, 0) is 16.1 Å². The Hall–Kier alpha value is -4.55. The van der Waals surface area contributed by atoms with Gasteiger partial charge in [0.05, 0.1) is 11.6 Å². The predicted octanol–water partition coefficient (Wildman–Crippen LogP) is 3.16. The molecule has 31 heavy (non-hydrogen) atoms. The minimum atomic E-state index is -1.08. The summed E-state index contributed by atoms with van der Waals surface area (Å²) in [7, 11) is 0. The monoisotopic (exact) mass is 408 g/mol. The van der Waals surface area contributed by atoms with Gasteiger partial charge in [0.15, 0.2) is 0 Å². The van der Waals surface area contributed by atoms with Gasteiger partial charge in [0.2, 0.25) is 5.91 Å². The number of nitriles is 1. The van der Waals surface area contributed by atoms with Gasteiger partial charge in [-0.1, -0.05) is 48.5 Å². The molecule has 3 rings (SSSR count). The van der Waals surface area contributed by atoms with E-state index in [-0.39, 0.29) is 6.54 Å². The summed E-state index contributed by atoms with van der Waals surface area (Å²) in [5, 5.41) is 12.1. The number of terminal acetylenes is 1. The van der Waals surface area contributed by atoms with Crippen LogP contribution >= 0.6 is 0 Å². The van der Waals surface area contributed by atoms with Gasteiger partial charge in [0, 0.05) is 17.9 Å². The third-order valence-corrected chi connectivity index (χ3v) is 4.64. The van der Waals surface area contributed by atoms with Crippen molar-refractivity contribution in [3.05, 3.63) is 95.6 Å². The van der Waals surface area contributed by atoms with Crippen LogP contribution in [-0.4, -0.2) is 11.8 Å². The minimum absolute atomic E-state index is 0.273. The second-order valence-electron chi connectivity index (χ2n) is 6.76. The summed E-state index contributed by atoms with van der Waals surface area (Å²) < 4.78 is 0. The molecule has 0 heterocycles. The Labute approximate surface area is 180 Å². The fourth-order valence-corrected chi connectivity index (χ4v) is 3.21. The lowest BCUT2D eigenvalue weighted by Crippen LogP contribution is -2.43. The zero-order valence-corrected chi connectivity index (χ0v) is 16.7. The van der Waals surface area contributed by atoms with E-state index in [0.29, 0.717) is 22.5 Å². The van der Waals surface area contributed by atoms with Crippen molar-refractivity contribution < 1.29 is 9.59 Å². The van der Waals surface area contributed by atoms with Crippen molar-refractivity contribution in [2.75, 3.05) is 10.6 Å². The molecule has 2 amide bonds. The van der Waals surface area contributed by atoms with Crippen LogP contribution in [0, 0.1) is 23.7 Å². The average molecular weight is 408 g/mol. The van der Waals surface area contributed by atoms with E-state index in [4.69, 9.17) is 12.2 Å². The number of nitrogens with one attached hydrogen (secondary N) is 1. The Kier molecular flexibility index (Phi) is 6.67. The molecule has 6 heteroatoms. The molecule has 6 nitrogen and oxygen atoms in total. The molecular formula is C25H20N4O2. The molecule has 0 aliphatic carbocycles. The van der Waals surface area contributed by atoms with Crippen LogP contribution in [0.1, 0.15) is 22.7 Å². The Morgan fingerprint density at radius 1 is 1.03 bits per heavy atom. The molecule has 0 saturated heterocycles. The SMILES string of the molecule is C#CC(=O)N(c1cccc(C#N)c1)C(C(=O)NCc1ccccc1)c1cccc(N)c1. The Balaban J connectivity index is 2.05. The van der Waals surface area contributed by atoms with Gasteiger partial charge in [-0.3, -0.25) is 14.5 Å². The van der Waals surface area contributed by atoms with E-state index in [1.54, 1.807) is 42.5 Å². The summed E-state index contributed by atoms with van der Waals surface area (Å²) in [6.07, 6.45) is 5.43. The molecule has 1 unspecified atom stereocenters. The highest BCUT2D eigenvalue weighted by Crippen LogP contribution is 2.29. The first-order chi connectivity index (χ1) is 15.0. The number of nitrogens with two attached hydrogens (primary N) is 1. The zero-order valence-electron chi connectivity index (χ0n) is 16.7. The maximum Gasteiger partial charge on any atom is 0.303 e. The Morgan fingerprint density at radius 2 is 1.77 bits per heavy atom. The number of carbonyl (C=O) groups is 2. The van der Waals surface area contributed by atoms with Gasteiger partial charge >= 0.3 is 5.91 Å². The molecule has 0 saturated carbocycles. The molecule has 3 N–H and O–H groups in total. The normalized spacial score (nSPS) is 10.9. The van der Waals surface area contributed by atoms with Crippen LogP contribution in [0.2, 0.25) is 0 Å². The summed E-state index contributed by atoms with van der Waals surface area (Å²) in [5.41, 5.74) is 8.45. The molecular weight excluding hydrogens is 388 g/mol. The van der Waals surface area contributed by atoms with Gasteiger partial charge < -0.3 is 11.1 Å².